The molecule has 1 amide bonds. The number of aromatic nitrogens is 2. The van der Waals surface area contributed by atoms with Crippen LogP contribution in [-0.2, 0) is 11.2 Å². The van der Waals surface area contributed by atoms with Crippen LogP contribution in [0, 0.1) is 0 Å². The molecule has 1 saturated carbocycles. The number of carbonyl (C=O) groups excluding carboxylic acids is 1. The van der Waals surface area contributed by atoms with Crippen LogP contribution in [0.25, 0.3) is 11.4 Å². The Balaban J connectivity index is 1.58. The van der Waals surface area contributed by atoms with E-state index in [-0.39, 0.29) is 11.9 Å². The van der Waals surface area contributed by atoms with Gasteiger partial charge < -0.3 is 9.42 Å². The number of aryl methyl sites for hydroxylation is 1. The first-order valence-corrected chi connectivity index (χ1v) is 8.25. The van der Waals surface area contributed by atoms with Gasteiger partial charge in [-0.05, 0) is 38.1 Å². The van der Waals surface area contributed by atoms with E-state index in [9.17, 15) is 4.79 Å². The van der Waals surface area contributed by atoms with Crippen molar-refractivity contribution >= 4 is 17.2 Å². The van der Waals surface area contributed by atoms with Gasteiger partial charge in [-0.1, -0.05) is 5.16 Å². The number of rotatable bonds is 6. The summed E-state index contributed by atoms with van der Waals surface area (Å²) >= 11 is 1.60. The predicted octanol–water partition coefficient (Wildman–Crippen LogP) is 3.13. The molecule has 2 heterocycles. The lowest BCUT2D eigenvalue weighted by Gasteiger charge is -2.26. The highest BCUT2D eigenvalue weighted by atomic mass is 32.1. The summed E-state index contributed by atoms with van der Waals surface area (Å²) < 4.78 is 5.23. The summed E-state index contributed by atoms with van der Waals surface area (Å²) in [5, 5.41) is 7.92. The third-order valence-corrected chi connectivity index (χ3v) is 4.27. The lowest BCUT2D eigenvalue weighted by atomic mass is 10.2. The Labute approximate surface area is 128 Å². The standard InChI is InChI=1S/C15H19N3O2S/c1-10(2)18(12-3-4-12)14(19)6-5-13-16-15(17-20-13)11-7-8-21-9-11/h7-10,12H,3-6H2,1-2H3. The molecule has 21 heavy (non-hydrogen) atoms. The molecule has 0 atom stereocenters. The van der Waals surface area contributed by atoms with E-state index < -0.39 is 0 Å². The monoisotopic (exact) mass is 305 g/mol. The van der Waals surface area contributed by atoms with Crippen LogP contribution < -0.4 is 0 Å². The summed E-state index contributed by atoms with van der Waals surface area (Å²) in [5.74, 6) is 1.31. The Kier molecular flexibility index (Phi) is 4.05. The van der Waals surface area contributed by atoms with Crippen molar-refractivity contribution in [3.8, 4) is 11.4 Å². The van der Waals surface area contributed by atoms with E-state index in [2.05, 4.69) is 24.0 Å². The Morgan fingerprint density at radius 3 is 2.95 bits per heavy atom. The van der Waals surface area contributed by atoms with Crippen molar-refractivity contribution in [1.82, 2.24) is 15.0 Å². The van der Waals surface area contributed by atoms with Gasteiger partial charge >= 0.3 is 0 Å². The molecule has 3 rings (SSSR count). The topological polar surface area (TPSA) is 59.2 Å². The van der Waals surface area contributed by atoms with E-state index >= 15 is 0 Å². The van der Waals surface area contributed by atoms with Crippen LogP contribution in [0.2, 0.25) is 0 Å². The molecule has 0 spiro atoms. The fourth-order valence-electron chi connectivity index (χ4n) is 2.47. The van der Waals surface area contributed by atoms with E-state index in [0.29, 0.717) is 30.6 Å². The minimum Gasteiger partial charge on any atom is -0.339 e. The zero-order valence-corrected chi connectivity index (χ0v) is 13.1. The summed E-state index contributed by atoms with van der Waals surface area (Å²) in [6, 6.07) is 2.66. The quantitative estimate of drug-likeness (QED) is 0.822. The van der Waals surface area contributed by atoms with Gasteiger partial charge in [-0.3, -0.25) is 4.79 Å². The van der Waals surface area contributed by atoms with Crippen molar-refractivity contribution < 1.29 is 9.32 Å². The van der Waals surface area contributed by atoms with Crippen molar-refractivity contribution in [3.05, 3.63) is 22.7 Å². The van der Waals surface area contributed by atoms with Crippen molar-refractivity contribution in [2.45, 2.75) is 51.6 Å². The maximum absolute atomic E-state index is 12.3. The number of hydrogen-bond donors (Lipinski definition) is 0. The second kappa shape index (κ2) is 5.97. The van der Waals surface area contributed by atoms with Crippen molar-refractivity contribution in [2.24, 2.45) is 0 Å². The molecule has 0 aliphatic heterocycles. The smallest absolute Gasteiger partial charge is 0.227 e. The van der Waals surface area contributed by atoms with Gasteiger partial charge in [-0.15, -0.1) is 0 Å². The molecule has 2 aromatic rings. The first kappa shape index (κ1) is 14.3. The number of hydrogen-bond acceptors (Lipinski definition) is 5. The van der Waals surface area contributed by atoms with E-state index in [1.165, 1.54) is 0 Å². The molecular formula is C15H19N3O2S. The van der Waals surface area contributed by atoms with Crippen molar-refractivity contribution in [2.75, 3.05) is 0 Å². The van der Waals surface area contributed by atoms with Gasteiger partial charge in [-0.2, -0.15) is 16.3 Å². The number of nitrogens with zero attached hydrogens (tertiary/aromatic N) is 3. The lowest BCUT2D eigenvalue weighted by molar-refractivity contribution is -0.133. The zero-order valence-electron chi connectivity index (χ0n) is 12.3. The molecule has 5 nitrogen and oxygen atoms in total. The summed E-state index contributed by atoms with van der Waals surface area (Å²) in [6.45, 7) is 4.13. The fraction of sp³-hybridized carbons (Fsp3) is 0.533. The maximum atomic E-state index is 12.3. The summed E-state index contributed by atoms with van der Waals surface area (Å²) in [7, 11) is 0. The minimum atomic E-state index is 0.183. The van der Waals surface area contributed by atoms with Gasteiger partial charge in [-0.25, -0.2) is 0 Å². The largest absolute Gasteiger partial charge is 0.339 e. The van der Waals surface area contributed by atoms with E-state index in [4.69, 9.17) is 4.52 Å². The molecular weight excluding hydrogens is 286 g/mol. The van der Waals surface area contributed by atoms with E-state index in [1.807, 2.05) is 21.7 Å². The van der Waals surface area contributed by atoms with E-state index in [0.717, 1.165) is 18.4 Å². The number of amides is 1. The molecule has 1 aliphatic carbocycles. The van der Waals surface area contributed by atoms with Gasteiger partial charge in [0, 0.05) is 35.9 Å². The van der Waals surface area contributed by atoms with Gasteiger partial charge in [0.05, 0.1) is 0 Å². The number of thiophene rings is 1. The second-order valence-electron chi connectivity index (χ2n) is 5.65. The second-order valence-corrected chi connectivity index (χ2v) is 6.43. The third kappa shape index (κ3) is 3.32. The van der Waals surface area contributed by atoms with Crippen LogP contribution in [0.3, 0.4) is 0 Å². The molecule has 0 bridgehead atoms. The SMILES string of the molecule is CC(C)N(C(=O)CCc1nc(-c2ccsc2)no1)C1CC1. The van der Waals surface area contributed by atoms with Gasteiger partial charge in [0.15, 0.2) is 0 Å². The summed E-state index contributed by atoms with van der Waals surface area (Å²) in [4.78, 5) is 18.7. The van der Waals surface area contributed by atoms with Crippen LogP contribution in [-0.4, -0.2) is 33.0 Å². The maximum Gasteiger partial charge on any atom is 0.227 e. The highest BCUT2D eigenvalue weighted by Crippen LogP contribution is 2.29. The summed E-state index contributed by atoms with van der Waals surface area (Å²) in [5.41, 5.74) is 0.961. The molecule has 1 aliphatic rings. The first-order valence-electron chi connectivity index (χ1n) is 7.31. The molecule has 0 N–H and O–H groups in total. The van der Waals surface area contributed by atoms with Crippen LogP contribution in [0.15, 0.2) is 21.3 Å². The highest BCUT2D eigenvalue weighted by molar-refractivity contribution is 7.08. The Morgan fingerprint density at radius 1 is 1.52 bits per heavy atom. The van der Waals surface area contributed by atoms with Crippen molar-refractivity contribution in [3.63, 3.8) is 0 Å². The van der Waals surface area contributed by atoms with Crippen LogP contribution in [0.4, 0.5) is 0 Å². The third-order valence-electron chi connectivity index (χ3n) is 3.58. The Hall–Kier alpha value is -1.69. The van der Waals surface area contributed by atoms with E-state index in [1.54, 1.807) is 11.3 Å². The van der Waals surface area contributed by atoms with Crippen molar-refractivity contribution in [1.29, 1.82) is 0 Å². The molecule has 2 aromatic heterocycles. The Morgan fingerprint density at radius 2 is 2.33 bits per heavy atom. The lowest BCUT2D eigenvalue weighted by Crippen LogP contribution is -2.38. The molecule has 112 valence electrons. The first-order chi connectivity index (χ1) is 10.1. The highest BCUT2D eigenvalue weighted by Gasteiger charge is 2.33. The molecule has 6 heteroatoms. The van der Waals surface area contributed by atoms with Gasteiger partial charge in [0.2, 0.25) is 17.6 Å². The fourth-order valence-corrected chi connectivity index (χ4v) is 3.11. The summed E-state index contributed by atoms with van der Waals surface area (Å²) in [6.07, 6.45) is 3.20. The molecule has 0 unspecified atom stereocenters. The van der Waals surface area contributed by atoms with Crippen LogP contribution in [0.5, 0.6) is 0 Å². The molecule has 0 radical (unpaired) electrons. The normalized spacial score (nSPS) is 14.6. The van der Waals surface area contributed by atoms with Crippen LogP contribution >= 0.6 is 11.3 Å². The molecule has 0 aromatic carbocycles. The van der Waals surface area contributed by atoms with Gasteiger partial charge in [0.1, 0.15) is 0 Å². The zero-order chi connectivity index (χ0) is 14.8. The molecule has 1 fully saturated rings. The molecule has 0 saturated heterocycles. The minimum absolute atomic E-state index is 0.183. The van der Waals surface area contributed by atoms with Gasteiger partial charge in [0.25, 0.3) is 0 Å². The predicted molar refractivity (Wildman–Crippen MR) is 80.9 cm³/mol. The Bertz CT molecular complexity index is 600. The average Bonchev–Trinajstić information content (AvgIpc) is 2.96. The average molecular weight is 305 g/mol. The van der Waals surface area contributed by atoms with Crippen LogP contribution in [0.1, 0.15) is 39.0 Å². The number of carbonyl (C=O) groups is 1.